The summed E-state index contributed by atoms with van der Waals surface area (Å²) in [6.07, 6.45) is -6.55. The Balaban J connectivity index is 1.51. The largest absolute Gasteiger partial charge is 0.507 e. The van der Waals surface area contributed by atoms with Crippen molar-refractivity contribution in [2.75, 3.05) is 28.4 Å². The van der Waals surface area contributed by atoms with E-state index in [1.54, 1.807) is 6.92 Å². The molecule has 0 unspecified atom stereocenters. The quantitative estimate of drug-likeness (QED) is 0.213. The Morgan fingerprint density at radius 2 is 1.60 bits per heavy atom. The van der Waals surface area contributed by atoms with Gasteiger partial charge in [-0.3, -0.25) is 19.2 Å². The van der Waals surface area contributed by atoms with E-state index in [2.05, 4.69) is 5.32 Å². The second kappa shape index (κ2) is 12.1. The minimum Gasteiger partial charge on any atom is -0.507 e. The van der Waals surface area contributed by atoms with Crippen LogP contribution >= 0.6 is 0 Å². The maximum absolute atomic E-state index is 14.6. The third-order valence-corrected chi connectivity index (χ3v) is 10.2. The van der Waals surface area contributed by atoms with Crippen LogP contribution in [0.2, 0.25) is 0 Å². The van der Waals surface area contributed by atoms with Crippen LogP contribution in [0.1, 0.15) is 75.4 Å². The van der Waals surface area contributed by atoms with Crippen molar-refractivity contribution in [1.29, 1.82) is 0 Å². The Kier molecular flexibility index (Phi) is 8.50. The fraction of sp³-hybridized carbons (Fsp3) is 0.441. The molecule has 266 valence electrons. The number of nitrogens with one attached hydrogen (secondary N) is 1. The number of methoxy groups -OCH3 is 4. The molecule has 0 bridgehead atoms. The molecule has 6 rings (SSSR count). The molecular weight excluding hydrogens is 662 g/mol. The zero-order chi connectivity index (χ0) is 36.8. The number of rotatable bonds is 6. The number of aromatic hydroxyl groups is 2. The van der Waals surface area contributed by atoms with Gasteiger partial charge in [0.05, 0.1) is 36.1 Å². The molecule has 1 saturated heterocycles. The second-order valence-corrected chi connectivity index (χ2v) is 12.6. The number of allylic oxidation sites excluding steroid dienone is 2. The number of hydrogen-bond donors (Lipinski definition) is 6. The lowest BCUT2D eigenvalue weighted by molar-refractivity contribution is -0.236. The zero-order valence-electron chi connectivity index (χ0n) is 27.7. The number of phenols is 2. The fourth-order valence-electron chi connectivity index (χ4n) is 7.85. The highest BCUT2D eigenvalue weighted by Gasteiger charge is 2.72. The monoisotopic (exact) mass is 697 g/mol. The number of aliphatic hydroxyl groups excluding tert-OH is 2. The normalized spacial score (nSPS) is 31.7. The van der Waals surface area contributed by atoms with E-state index in [1.165, 1.54) is 27.2 Å². The van der Waals surface area contributed by atoms with Crippen molar-refractivity contribution >= 4 is 29.1 Å². The first-order valence-electron chi connectivity index (χ1n) is 15.4. The van der Waals surface area contributed by atoms with Gasteiger partial charge in [-0.25, -0.2) is 4.79 Å². The highest BCUT2D eigenvalue weighted by atomic mass is 16.6. The topological polar surface area (TPSA) is 245 Å². The molecule has 2 aromatic rings. The first kappa shape index (κ1) is 35.3. The number of benzene rings is 2. The predicted octanol–water partition coefficient (Wildman–Crippen LogP) is -0.250. The first-order valence-corrected chi connectivity index (χ1v) is 15.4. The molecule has 1 fully saturated rings. The van der Waals surface area contributed by atoms with Crippen molar-refractivity contribution < 1.29 is 73.2 Å². The maximum Gasteiger partial charge on any atom is 0.341 e. The van der Waals surface area contributed by atoms with Crippen molar-refractivity contribution in [3.8, 4) is 11.5 Å². The number of hydrogen-bond acceptors (Lipinski definition) is 16. The van der Waals surface area contributed by atoms with Gasteiger partial charge in [-0.05, 0) is 31.0 Å². The molecule has 8 atom stereocenters. The molecule has 0 amide bonds. The number of aryl methyl sites for hydroxylation is 1. The number of fused-ring (bicyclic) bond motifs is 5. The molecule has 4 aliphatic rings. The summed E-state index contributed by atoms with van der Waals surface area (Å²) in [6.45, 7) is 3.06. The van der Waals surface area contributed by atoms with E-state index in [-0.39, 0.29) is 16.8 Å². The lowest BCUT2D eigenvalue weighted by atomic mass is 9.56. The summed E-state index contributed by atoms with van der Waals surface area (Å²) in [5.74, 6) is -7.67. The van der Waals surface area contributed by atoms with Crippen LogP contribution in [-0.4, -0.2) is 125 Å². The number of esters is 1. The smallest absolute Gasteiger partial charge is 0.341 e. The summed E-state index contributed by atoms with van der Waals surface area (Å²) >= 11 is 0. The van der Waals surface area contributed by atoms with E-state index in [1.807, 2.05) is 0 Å². The number of ether oxygens (including phenoxy) is 5. The molecule has 50 heavy (non-hydrogen) atoms. The molecular formula is C34H35NO15. The fourth-order valence-corrected chi connectivity index (χ4v) is 7.85. The summed E-state index contributed by atoms with van der Waals surface area (Å²) in [6, 6.07) is 2.18. The van der Waals surface area contributed by atoms with Gasteiger partial charge in [0.25, 0.3) is 0 Å². The Bertz CT molecular complexity index is 1920. The number of ketones is 4. The molecule has 16 heteroatoms. The summed E-state index contributed by atoms with van der Waals surface area (Å²) in [5, 5.41) is 60.3. The van der Waals surface area contributed by atoms with Crippen LogP contribution in [0.5, 0.6) is 11.5 Å². The van der Waals surface area contributed by atoms with Crippen LogP contribution in [0.15, 0.2) is 23.9 Å². The number of aliphatic hydroxyl groups is 3. The standard InChI is InChI=1S/C34H35NO15/c1-11-7-13-8-18(37)34(49-6)30(43)21-15(29(42)33(34,45)22(13)25(40)19(11)32(44)48-5)9-14-20(24(21)39)17(36)10-16(23(14)38)35-31-28(47-4)26(41)27(46-3)12(2)50-31/h7,9-10,12,18,26-28,31,35,37,39-41,45H,8H2,1-6H3/t12-,18-,26+,27-,28+,31+,33+,34-/m0/s1. The predicted molar refractivity (Wildman–Crippen MR) is 166 cm³/mol. The molecule has 0 spiro atoms. The van der Waals surface area contributed by atoms with Gasteiger partial charge in [0.15, 0.2) is 23.2 Å². The van der Waals surface area contributed by atoms with Crippen LogP contribution in [0.25, 0.3) is 0 Å². The minimum atomic E-state index is -3.23. The Hall–Kier alpha value is -4.55. The summed E-state index contributed by atoms with van der Waals surface area (Å²) in [5.41, 5.74) is -10.1. The third-order valence-electron chi connectivity index (χ3n) is 10.2. The first-order chi connectivity index (χ1) is 23.6. The molecule has 1 aliphatic heterocycles. The van der Waals surface area contributed by atoms with Crippen molar-refractivity contribution in [2.24, 2.45) is 0 Å². The van der Waals surface area contributed by atoms with Crippen LogP contribution in [0.4, 0.5) is 0 Å². The number of carbonyl (C=O) groups is 5. The van der Waals surface area contributed by atoms with Gasteiger partial charge in [-0.1, -0.05) is 6.07 Å². The van der Waals surface area contributed by atoms with E-state index in [4.69, 9.17) is 23.7 Å². The van der Waals surface area contributed by atoms with Gasteiger partial charge < -0.3 is 54.5 Å². The Morgan fingerprint density at radius 3 is 2.20 bits per heavy atom. The van der Waals surface area contributed by atoms with Gasteiger partial charge in [0, 0.05) is 50.5 Å². The number of phenolic OH excluding ortho intramolecular Hbond substituents is 2. The summed E-state index contributed by atoms with van der Waals surface area (Å²) in [7, 11) is 4.62. The minimum absolute atomic E-state index is 0.00455. The molecule has 16 nitrogen and oxygen atoms in total. The second-order valence-electron chi connectivity index (χ2n) is 12.6. The van der Waals surface area contributed by atoms with Gasteiger partial charge >= 0.3 is 5.97 Å². The summed E-state index contributed by atoms with van der Waals surface area (Å²) in [4.78, 5) is 69.1. The molecule has 1 heterocycles. The lowest BCUT2D eigenvalue weighted by Crippen LogP contribution is -2.73. The van der Waals surface area contributed by atoms with E-state index < -0.39 is 128 Å². The van der Waals surface area contributed by atoms with E-state index in [0.29, 0.717) is 0 Å². The highest BCUT2D eigenvalue weighted by Crippen LogP contribution is 2.56. The summed E-state index contributed by atoms with van der Waals surface area (Å²) < 4.78 is 26.8. The average molecular weight is 698 g/mol. The lowest BCUT2D eigenvalue weighted by Gasteiger charge is -2.52. The number of carbonyl (C=O) groups excluding carboxylic acids is 5. The van der Waals surface area contributed by atoms with E-state index in [9.17, 15) is 49.5 Å². The molecule has 0 radical (unpaired) electrons. The number of Topliss-reactive ketones (excluding diaryl/α,β-unsaturated/α-hetero) is 3. The zero-order valence-corrected chi connectivity index (χ0v) is 27.7. The molecule has 0 aromatic heterocycles. The van der Waals surface area contributed by atoms with Crippen molar-refractivity contribution in [1.82, 2.24) is 5.32 Å². The van der Waals surface area contributed by atoms with Crippen molar-refractivity contribution in [3.05, 3.63) is 68.4 Å². The van der Waals surface area contributed by atoms with Crippen LogP contribution in [-0.2, 0) is 35.7 Å². The van der Waals surface area contributed by atoms with Crippen molar-refractivity contribution in [2.45, 2.75) is 68.2 Å². The Labute approximate surface area is 284 Å². The van der Waals surface area contributed by atoms with Crippen molar-refractivity contribution in [3.63, 3.8) is 0 Å². The van der Waals surface area contributed by atoms with E-state index in [0.717, 1.165) is 26.4 Å². The van der Waals surface area contributed by atoms with Gasteiger partial charge in [-0.15, -0.1) is 0 Å². The SMILES string of the molecule is COC(=O)c1c(C)cc2c(c1O)[C@@]1(O)C(=O)c3cc4c(c(O)c3C(=O)[C@@]1(OC)[C@@H](O)C2)C(=O)C=C(N[C@@H]1O[C@@H](C)[C@H](OC)[C@@H](O)[C@H]1OC)C4=O. The maximum atomic E-state index is 14.6. The van der Waals surface area contributed by atoms with Gasteiger partial charge in [-0.2, -0.15) is 0 Å². The molecule has 0 saturated carbocycles. The highest BCUT2D eigenvalue weighted by molar-refractivity contribution is 6.31. The average Bonchev–Trinajstić information content (AvgIpc) is 3.05. The van der Waals surface area contributed by atoms with Gasteiger partial charge in [0.1, 0.15) is 35.4 Å². The molecule has 6 N–H and O–H groups in total. The molecule has 3 aliphatic carbocycles. The van der Waals surface area contributed by atoms with Gasteiger partial charge in [0.2, 0.25) is 17.3 Å². The van der Waals surface area contributed by atoms with Crippen LogP contribution < -0.4 is 5.32 Å². The third kappa shape index (κ3) is 4.40. The van der Waals surface area contributed by atoms with E-state index >= 15 is 0 Å². The molecule has 2 aromatic carbocycles. The van der Waals surface area contributed by atoms with Crippen LogP contribution in [0.3, 0.4) is 0 Å². The Morgan fingerprint density at radius 1 is 0.940 bits per heavy atom. The van der Waals surface area contributed by atoms with Crippen LogP contribution in [0, 0.1) is 6.92 Å².